The van der Waals surface area contributed by atoms with Crippen molar-refractivity contribution in [1.29, 1.82) is 0 Å². The molecule has 0 fully saturated rings. The molecule has 0 amide bonds. The maximum atomic E-state index is 12.7. The third-order valence-electron chi connectivity index (χ3n) is 3.91. The lowest BCUT2D eigenvalue weighted by Crippen LogP contribution is -2.06. The number of allylic oxidation sites excluding steroid dienone is 1. The molecule has 0 radical (unpaired) electrons. The predicted molar refractivity (Wildman–Crippen MR) is 92.9 cm³/mol. The van der Waals surface area contributed by atoms with Gasteiger partial charge in [-0.1, -0.05) is 12.1 Å². The Labute approximate surface area is 141 Å². The van der Waals surface area contributed by atoms with Crippen LogP contribution in [0.5, 0.6) is 17.2 Å². The van der Waals surface area contributed by atoms with Gasteiger partial charge in [-0.3, -0.25) is 4.79 Å². The van der Waals surface area contributed by atoms with Crippen LogP contribution in [0, 0.1) is 0 Å². The topological polar surface area (TPSA) is 55.8 Å². The van der Waals surface area contributed by atoms with Gasteiger partial charge in [0.25, 0.3) is 0 Å². The Balaban J connectivity index is 1.90. The van der Waals surface area contributed by atoms with Crippen molar-refractivity contribution in [3.8, 4) is 17.2 Å². The standard InChI is InChI=1S/C20H20O4/c1-12(2)24-16-6-5-14-10-15(20(22)17(14)11-16)8-13-4-7-18(21)19(9-13)23-3/h4-9,11-12,21H,10H2,1-3H3. The van der Waals surface area contributed by atoms with E-state index in [9.17, 15) is 9.90 Å². The lowest BCUT2D eigenvalue weighted by atomic mass is 10.1. The Kier molecular flexibility index (Phi) is 4.30. The Morgan fingerprint density at radius 3 is 2.67 bits per heavy atom. The van der Waals surface area contributed by atoms with Crippen LogP contribution in [-0.4, -0.2) is 24.1 Å². The zero-order chi connectivity index (χ0) is 17.3. The van der Waals surface area contributed by atoms with Gasteiger partial charge in [0, 0.05) is 17.6 Å². The molecular weight excluding hydrogens is 304 g/mol. The van der Waals surface area contributed by atoms with Gasteiger partial charge in [-0.2, -0.15) is 0 Å². The largest absolute Gasteiger partial charge is 0.504 e. The van der Waals surface area contributed by atoms with Gasteiger partial charge in [0.05, 0.1) is 13.2 Å². The molecule has 0 spiro atoms. The zero-order valence-corrected chi connectivity index (χ0v) is 14.0. The molecule has 0 bridgehead atoms. The van der Waals surface area contributed by atoms with Crippen molar-refractivity contribution in [3.05, 3.63) is 58.7 Å². The first-order chi connectivity index (χ1) is 11.5. The number of Topliss-reactive ketones (excluding diaryl/α,β-unsaturated/α-hetero) is 1. The first-order valence-corrected chi connectivity index (χ1v) is 7.90. The van der Waals surface area contributed by atoms with Gasteiger partial charge < -0.3 is 14.6 Å². The van der Waals surface area contributed by atoms with Gasteiger partial charge >= 0.3 is 0 Å². The number of hydrogen-bond acceptors (Lipinski definition) is 4. The molecule has 2 aromatic carbocycles. The molecule has 0 heterocycles. The number of ether oxygens (including phenoxy) is 2. The SMILES string of the molecule is COc1cc(C=C2Cc3ccc(OC(C)C)cc3C2=O)ccc1O. The van der Waals surface area contributed by atoms with Crippen LogP contribution in [0.4, 0.5) is 0 Å². The normalized spacial score (nSPS) is 15.0. The third-order valence-corrected chi connectivity index (χ3v) is 3.91. The van der Waals surface area contributed by atoms with Crippen LogP contribution >= 0.6 is 0 Å². The zero-order valence-electron chi connectivity index (χ0n) is 14.0. The van der Waals surface area contributed by atoms with Crippen LogP contribution in [0.3, 0.4) is 0 Å². The highest BCUT2D eigenvalue weighted by atomic mass is 16.5. The van der Waals surface area contributed by atoms with Gasteiger partial charge in [0.2, 0.25) is 0 Å². The average Bonchev–Trinajstić information content (AvgIpc) is 2.85. The van der Waals surface area contributed by atoms with Gasteiger partial charge in [-0.25, -0.2) is 0 Å². The van der Waals surface area contributed by atoms with Crippen molar-refractivity contribution in [2.75, 3.05) is 7.11 Å². The summed E-state index contributed by atoms with van der Waals surface area (Å²) in [5.74, 6) is 1.20. The molecule has 24 heavy (non-hydrogen) atoms. The van der Waals surface area contributed by atoms with Crippen molar-refractivity contribution in [1.82, 2.24) is 0 Å². The van der Waals surface area contributed by atoms with E-state index in [0.29, 0.717) is 23.5 Å². The number of rotatable bonds is 4. The molecule has 1 aliphatic carbocycles. The molecule has 124 valence electrons. The van der Waals surface area contributed by atoms with Crippen LogP contribution in [0.15, 0.2) is 42.0 Å². The number of aromatic hydroxyl groups is 1. The molecule has 4 heteroatoms. The van der Waals surface area contributed by atoms with E-state index in [-0.39, 0.29) is 17.6 Å². The molecule has 1 aliphatic rings. The number of hydrogen-bond donors (Lipinski definition) is 1. The minimum absolute atomic E-state index is 0.0197. The highest BCUT2D eigenvalue weighted by molar-refractivity contribution is 6.15. The van der Waals surface area contributed by atoms with Gasteiger partial charge in [-0.05, 0) is 55.3 Å². The number of methoxy groups -OCH3 is 1. The Morgan fingerprint density at radius 1 is 1.17 bits per heavy atom. The number of fused-ring (bicyclic) bond motifs is 1. The first-order valence-electron chi connectivity index (χ1n) is 7.90. The number of carbonyl (C=O) groups excluding carboxylic acids is 1. The number of ketones is 1. The monoisotopic (exact) mass is 324 g/mol. The van der Waals surface area contributed by atoms with Gasteiger partial charge in [0.1, 0.15) is 5.75 Å². The van der Waals surface area contributed by atoms with Crippen LogP contribution in [0.1, 0.15) is 35.3 Å². The van der Waals surface area contributed by atoms with E-state index in [4.69, 9.17) is 9.47 Å². The molecule has 4 nitrogen and oxygen atoms in total. The number of carbonyl (C=O) groups is 1. The van der Waals surface area contributed by atoms with Crippen molar-refractivity contribution >= 4 is 11.9 Å². The van der Waals surface area contributed by atoms with E-state index in [1.54, 1.807) is 18.2 Å². The molecule has 0 saturated heterocycles. The molecule has 1 N–H and O–H groups in total. The average molecular weight is 324 g/mol. The summed E-state index contributed by atoms with van der Waals surface area (Å²) in [5.41, 5.74) is 3.25. The van der Waals surface area contributed by atoms with Crippen LogP contribution in [0.2, 0.25) is 0 Å². The molecule has 0 saturated carbocycles. The second-order valence-corrected chi connectivity index (χ2v) is 6.09. The molecule has 0 aliphatic heterocycles. The minimum Gasteiger partial charge on any atom is -0.504 e. The number of benzene rings is 2. The molecule has 3 rings (SSSR count). The minimum atomic E-state index is 0.0197. The maximum absolute atomic E-state index is 12.7. The Bertz CT molecular complexity index is 818. The van der Waals surface area contributed by atoms with Crippen molar-refractivity contribution in [2.24, 2.45) is 0 Å². The Morgan fingerprint density at radius 2 is 1.96 bits per heavy atom. The molecule has 0 atom stereocenters. The maximum Gasteiger partial charge on any atom is 0.189 e. The second-order valence-electron chi connectivity index (χ2n) is 6.09. The van der Waals surface area contributed by atoms with E-state index in [2.05, 4.69) is 0 Å². The lowest BCUT2D eigenvalue weighted by Gasteiger charge is -2.10. The third kappa shape index (κ3) is 3.13. The fourth-order valence-corrected chi connectivity index (χ4v) is 2.83. The van der Waals surface area contributed by atoms with Crippen molar-refractivity contribution in [3.63, 3.8) is 0 Å². The van der Waals surface area contributed by atoms with E-state index >= 15 is 0 Å². The van der Waals surface area contributed by atoms with E-state index in [0.717, 1.165) is 16.7 Å². The summed E-state index contributed by atoms with van der Waals surface area (Å²) in [6.45, 7) is 3.91. The summed E-state index contributed by atoms with van der Waals surface area (Å²) in [6, 6.07) is 10.7. The van der Waals surface area contributed by atoms with Crippen LogP contribution < -0.4 is 9.47 Å². The summed E-state index contributed by atoms with van der Waals surface area (Å²) in [4.78, 5) is 12.7. The van der Waals surface area contributed by atoms with E-state index in [1.165, 1.54) is 7.11 Å². The summed E-state index contributed by atoms with van der Waals surface area (Å²) >= 11 is 0. The van der Waals surface area contributed by atoms with Crippen molar-refractivity contribution < 1.29 is 19.4 Å². The fourth-order valence-electron chi connectivity index (χ4n) is 2.83. The molecule has 0 unspecified atom stereocenters. The predicted octanol–water partition coefficient (Wildman–Crippen LogP) is 4.01. The van der Waals surface area contributed by atoms with Gasteiger partial charge in [0.15, 0.2) is 17.3 Å². The molecule has 0 aromatic heterocycles. The number of phenolic OH excluding ortho intramolecular Hbond substituents is 1. The lowest BCUT2D eigenvalue weighted by molar-refractivity contribution is 0.104. The number of phenols is 1. The quantitative estimate of drug-likeness (QED) is 0.863. The highest BCUT2D eigenvalue weighted by Gasteiger charge is 2.25. The second kappa shape index (κ2) is 6.40. The first kappa shape index (κ1) is 16.1. The molecule has 2 aromatic rings. The van der Waals surface area contributed by atoms with Crippen LogP contribution in [0.25, 0.3) is 6.08 Å². The summed E-state index contributed by atoms with van der Waals surface area (Å²) < 4.78 is 10.8. The van der Waals surface area contributed by atoms with Crippen LogP contribution in [-0.2, 0) is 6.42 Å². The molecular formula is C20H20O4. The highest BCUT2D eigenvalue weighted by Crippen LogP contribution is 2.32. The summed E-state index contributed by atoms with van der Waals surface area (Å²) in [6.07, 6.45) is 2.51. The van der Waals surface area contributed by atoms with Crippen molar-refractivity contribution in [2.45, 2.75) is 26.4 Å². The summed E-state index contributed by atoms with van der Waals surface area (Å²) in [5, 5.41) is 9.67. The van der Waals surface area contributed by atoms with E-state index < -0.39 is 0 Å². The smallest absolute Gasteiger partial charge is 0.189 e. The fraction of sp³-hybridized carbons (Fsp3) is 0.250. The Hall–Kier alpha value is -2.75. The van der Waals surface area contributed by atoms with Gasteiger partial charge in [-0.15, -0.1) is 0 Å². The van der Waals surface area contributed by atoms with E-state index in [1.807, 2.05) is 38.1 Å². The summed E-state index contributed by atoms with van der Waals surface area (Å²) in [7, 11) is 1.50.